The molecule has 0 aliphatic heterocycles. The van der Waals surface area contributed by atoms with Gasteiger partial charge < -0.3 is 5.32 Å². The van der Waals surface area contributed by atoms with Crippen molar-refractivity contribution in [2.75, 3.05) is 5.32 Å². The molecule has 0 fully saturated rings. The summed E-state index contributed by atoms with van der Waals surface area (Å²) in [5.41, 5.74) is 2.87. The molecule has 24 heavy (non-hydrogen) atoms. The molecule has 2 heterocycles. The Balaban J connectivity index is 1.62. The van der Waals surface area contributed by atoms with Crippen molar-refractivity contribution >= 4 is 33.8 Å². The summed E-state index contributed by atoms with van der Waals surface area (Å²) in [5.74, 6) is -0.230. The molecule has 0 atom stereocenters. The molecule has 0 bridgehead atoms. The molecule has 4 aromatic rings. The van der Waals surface area contributed by atoms with Gasteiger partial charge in [-0.1, -0.05) is 48.5 Å². The number of carbonyl (C=O) groups excluding carboxylic acids is 1. The minimum atomic E-state index is -0.230. The minimum Gasteiger partial charge on any atom is -0.319 e. The van der Waals surface area contributed by atoms with E-state index in [0.29, 0.717) is 11.4 Å². The number of para-hydroxylation sites is 1. The van der Waals surface area contributed by atoms with Gasteiger partial charge in [-0.05, 0) is 12.1 Å². The average molecular weight is 331 g/mol. The van der Waals surface area contributed by atoms with Gasteiger partial charge in [0.05, 0.1) is 11.2 Å². The average Bonchev–Trinajstić information content (AvgIpc) is 3.13. The van der Waals surface area contributed by atoms with E-state index in [1.165, 1.54) is 11.3 Å². The highest BCUT2D eigenvalue weighted by Crippen LogP contribution is 2.25. The Morgan fingerprint density at radius 1 is 0.958 bits per heavy atom. The lowest BCUT2D eigenvalue weighted by Gasteiger charge is -2.06. The lowest BCUT2D eigenvalue weighted by atomic mass is 10.2. The summed E-state index contributed by atoms with van der Waals surface area (Å²) in [6.07, 6.45) is 1.72. The van der Waals surface area contributed by atoms with E-state index in [1.807, 2.05) is 60.7 Å². The third kappa shape index (κ3) is 2.77. The van der Waals surface area contributed by atoms with Gasteiger partial charge >= 0.3 is 0 Å². The van der Waals surface area contributed by atoms with Crippen LogP contribution in [0.25, 0.3) is 21.5 Å². The van der Waals surface area contributed by atoms with Crippen LogP contribution < -0.4 is 5.32 Å². The van der Waals surface area contributed by atoms with Gasteiger partial charge in [0.1, 0.15) is 10.7 Å². The molecule has 4 nitrogen and oxygen atoms in total. The molecule has 0 spiro atoms. The standard InChI is InChI=1S/C19H13N3OS/c23-18(16-12-24-19(22-16)14-6-2-1-3-7-14)21-15-10-4-8-13-9-5-11-20-17(13)15/h1-12H,(H,21,23). The Bertz CT molecular complexity index is 1010. The minimum absolute atomic E-state index is 0.230. The smallest absolute Gasteiger partial charge is 0.275 e. The van der Waals surface area contributed by atoms with Crippen molar-refractivity contribution in [3.05, 3.63) is 77.9 Å². The molecule has 4 rings (SSSR count). The molecule has 0 saturated heterocycles. The largest absolute Gasteiger partial charge is 0.319 e. The number of nitrogens with zero attached hydrogens (tertiary/aromatic N) is 2. The molecule has 0 saturated carbocycles. The summed E-state index contributed by atoms with van der Waals surface area (Å²) in [5, 5.41) is 6.50. The van der Waals surface area contributed by atoms with Crippen LogP contribution in [0.4, 0.5) is 5.69 Å². The Morgan fingerprint density at radius 3 is 2.67 bits per heavy atom. The number of anilines is 1. The van der Waals surface area contributed by atoms with E-state index >= 15 is 0 Å². The van der Waals surface area contributed by atoms with E-state index in [1.54, 1.807) is 11.6 Å². The van der Waals surface area contributed by atoms with E-state index in [9.17, 15) is 4.79 Å². The number of benzene rings is 2. The molecular weight excluding hydrogens is 318 g/mol. The predicted molar refractivity (Wildman–Crippen MR) is 97.2 cm³/mol. The zero-order chi connectivity index (χ0) is 16.4. The van der Waals surface area contributed by atoms with E-state index in [4.69, 9.17) is 0 Å². The highest BCUT2D eigenvalue weighted by Gasteiger charge is 2.13. The number of aromatic nitrogens is 2. The number of rotatable bonds is 3. The molecular formula is C19H13N3OS. The third-order valence-electron chi connectivity index (χ3n) is 3.64. The number of thiazole rings is 1. The normalized spacial score (nSPS) is 10.7. The van der Waals surface area contributed by atoms with Gasteiger partial charge in [0.25, 0.3) is 5.91 Å². The molecule has 2 aromatic heterocycles. The van der Waals surface area contributed by atoms with Gasteiger partial charge in [0, 0.05) is 22.5 Å². The zero-order valence-corrected chi connectivity index (χ0v) is 13.5. The van der Waals surface area contributed by atoms with Crippen LogP contribution in [0.15, 0.2) is 72.2 Å². The highest BCUT2D eigenvalue weighted by molar-refractivity contribution is 7.13. The summed E-state index contributed by atoms with van der Waals surface area (Å²) < 4.78 is 0. The van der Waals surface area contributed by atoms with Crippen LogP contribution in [0.2, 0.25) is 0 Å². The lowest BCUT2D eigenvalue weighted by Crippen LogP contribution is -2.12. The number of pyridine rings is 1. The van der Waals surface area contributed by atoms with Crippen molar-refractivity contribution in [3.8, 4) is 10.6 Å². The Hall–Kier alpha value is -3.05. The van der Waals surface area contributed by atoms with Crippen LogP contribution in [0.1, 0.15) is 10.5 Å². The molecule has 1 N–H and O–H groups in total. The molecule has 0 unspecified atom stereocenters. The first-order valence-corrected chi connectivity index (χ1v) is 8.35. The van der Waals surface area contributed by atoms with E-state index in [2.05, 4.69) is 15.3 Å². The van der Waals surface area contributed by atoms with Gasteiger partial charge in [-0.3, -0.25) is 9.78 Å². The van der Waals surface area contributed by atoms with Crippen molar-refractivity contribution in [1.29, 1.82) is 0 Å². The molecule has 2 aromatic carbocycles. The summed E-state index contributed by atoms with van der Waals surface area (Å²) in [6, 6.07) is 19.4. The number of hydrogen-bond acceptors (Lipinski definition) is 4. The Kier molecular flexibility index (Phi) is 3.76. The Morgan fingerprint density at radius 2 is 1.79 bits per heavy atom. The van der Waals surface area contributed by atoms with Crippen molar-refractivity contribution in [2.45, 2.75) is 0 Å². The van der Waals surface area contributed by atoms with Crippen LogP contribution in [0, 0.1) is 0 Å². The molecule has 0 aliphatic carbocycles. The summed E-state index contributed by atoms with van der Waals surface area (Å²) >= 11 is 1.46. The van der Waals surface area contributed by atoms with Gasteiger partial charge in [0.15, 0.2) is 0 Å². The predicted octanol–water partition coefficient (Wildman–Crippen LogP) is 4.61. The highest BCUT2D eigenvalue weighted by atomic mass is 32.1. The lowest BCUT2D eigenvalue weighted by molar-refractivity contribution is 0.102. The Labute approximate surface area is 142 Å². The molecule has 116 valence electrons. The summed E-state index contributed by atoms with van der Waals surface area (Å²) in [4.78, 5) is 21.3. The first kappa shape index (κ1) is 14.5. The first-order valence-electron chi connectivity index (χ1n) is 7.47. The number of hydrogen-bond donors (Lipinski definition) is 1. The molecule has 0 radical (unpaired) electrons. The van der Waals surface area contributed by atoms with E-state index in [-0.39, 0.29) is 5.91 Å². The van der Waals surface area contributed by atoms with Crippen LogP contribution in [-0.2, 0) is 0 Å². The van der Waals surface area contributed by atoms with Crippen LogP contribution in [0.3, 0.4) is 0 Å². The maximum atomic E-state index is 12.5. The van der Waals surface area contributed by atoms with Gasteiger partial charge in [-0.2, -0.15) is 0 Å². The summed E-state index contributed by atoms with van der Waals surface area (Å²) in [7, 11) is 0. The maximum Gasteiger partial charge on any atom is 0.275 e. The topological polar surface area (TPSA) is 54.9 Å². The van der Waals surface area contributed by atoms with Crippen molar-refractivity contribution in [1.82, 2.24) is 9.97 Å². The second-order valence-electron chi connectivity index (χ2n) is 5.24. The van der Waals surface area contributed by atoms with Gasteiger partial charge in [-0.15, -0.1) is 11.3 Å². The molecule has 1 amide bonds. The first-order chi connectivity index (χ1) is 11.8. The number of fused-ring (bicyclic) bond motifs is 1. The summed E-state index contributed by atoms with van der Waals surface area (Å²) in [6.45, 7) is 0. The second kappa shape index (κ2) is 6.22. The van der Waals surface area contributed by atoms with Gasteiger partial charge in [0.2, 0.25) is 0 Å². The van der Waals surface area contributed by atoms with Crippen LogP contribution >= 0.6 is 11.3 Å². The van der Waals surface area contributed by atoms with Crippen molar-refractivity contribution < 1.29 is 4.79 Å². The zero-order valence-electron chi connectivity index (χ0n) is 12.6. The fraction of sp³-hybridized carbons (Fsp3) is 0. The molecule has 0 aliphatic rings. The fourth-order valence-corrected chi connectivity index (χ4v) is 3.29. The van der Waals surface area contributed by atoms with Crippen LogP contribution in [0.5, 0.6) is 0 Å². The molecule has 5 heteroatoms. The van der Waals surface area contributed by atoms with Crippen molar-refractivity contribution in [3.63, 3.8) is 0 Å². The second-order valence-corrected chi connectivity index (χ2v) is 6.10. The quantitative estimate of drug-likeness (QED) is 0.596. The number of nitrogens with one attached hydrogen (secondary N) is 1. The third-order valence-corrected chi connectivity index (χ3v) is 4.53. The van der Waals surface area contributed by atoms with E-state index < -0.39 is 0 Å². The number of carbonyl (C=O) groups is 1. The number of amides is 1. The SMILES string of the molecule is O=C(Nc1cccc2cccnc12)c1csc(-c2ccccc2)n1. The van der Waals surface area contributed by atoms with Crippen molar-refractivity contribution in [2.24, 2.45) is 0 Å². The van der Waals surface area contributed by atoms with Gasteiger partial charge in [-0.25, -0.2) is 4.98 Å². The van der Waals surface area contributed by atoms with Crippen LogP contribution in [-0.4, -0.2) is 15.9 Å². The van der Waals surface area contributed by atoms with E-state index in [0.717, 1.165) is 21.5 Å². The maximum absolute atomic E-state index is 12.5. The fourth-order valence-electron chi connectivity index (χ4n) is 2.48. The monoisotopic (exact) mass is 331 g/mol.